The first-order valence-electron chi connectivity index (χ1n) is 6.43. The van der Waals surface area contributed by atoms with Crippen molar-refractivity contribution in [1.82, 2.24) is 14.7 Å². The smallest absolute Gasteiger partial charge is 0.244 e. The monoisotopic (exact) mass is 250 g/mol. The summed E-state index contributed by atoms with van der Waals surface area (Å²) in [6, 6.07) is 0. The highest BCUT2D eigenvalue weighted by Crippen LogP contribution is 2.28. The number of carbonyl (C=O) groups is 1. The Bertz CT molecular complexity index is 476. The van der Waals surface area contributed by atoms with E-state index in [4.69, 9.17) is 5.73 Å². The third kappa shape index (κ3) is 2.09. The van der Waals surface area contributed by atoms with E-state index in [1.54, 1.807) is 4.68 Å². The lowest BCUT2D eigenvalue weighted by Crippen LogP contribution is -2.44. The number of nitrogens with two attached hydrogens (primary N) is 1. The number of hydrogen-bond acceptors (Lipinski definition) is 3. The number of amides is 1. The van der Waals surface area contributed by atoms with Gasteiger partial charge in [0.05, 0.1) is 17.1 Å². The van der Waals surface area contributed by atoms with Crippen LogP contribution >= 0.6 is 0 Å². The molecule has 0 radical (unpaired) electrons. The standard InChI is InChI=1S/C13H22N4O/c1-9-12(14)10(2)17(15-9)8-11(18)16-7-5-6-13(16,3)4/h5-8,14H2,1-4H3. The second-order valence-electron chi connectivity index (χ2n) is 5.70. The van der Waals surface area contributed by atoms with Gasteiger partial charge in [0.2, 0.25) is 5.91 Å². The Labute approximate surface area is 108 Å². The topological polar surface area (TPSA) is 64.2 Å². The van der Waals surface area contributed by atoms with E-state index in [1.807, 2.05) is 18.7 Å². The number of aryl methyl sites for hydroxylation is 1. The van der Waals surface area contributed by atoms with Gasteiger partial charge in [-0.2, -0.15) is 5.10 Å². The highest BCUT2D eigenvalue weighted by atomic mass is 16.2. The van der Waals surface area contributed by atoms with Crippen molar-refractivity contribution >= 4 is 11.6 Å². The van der Waals surface area contributed by atoms with E-state index in [9.17, 15) is 4.79 Å². The van der Waals surface area contributed by atoms with Gasteiger partial charge >= 0.3 is 0 Å². The Hall–Kier alpha value is -1.52. The molecular formula is C13H22N4O. The average molecular weight is 250 g/mol. The Morgan fingerprint density at radius 1 is 1.44 bits per heavy atom. The summed E-state index contributed by atoms with van der Waals surface area (Å²) in [6.07, 6.45) is 2.15. The van der Waals surface area contributed by atoms with Crippen LogP contribution in [0.4, 0.5) is 5.69 Å². The van der Waals surface area contributed by atoms with Gasteiger partial charge in [-0.05, 0) is 40.5 Å². The minimum atomic E-state index is -0.0290. The summed E-state index contributed by atoms with van der Waals surface area (Å²) in [7, 11) is 0. The maximum atomic E-state index is 12.3. The molecule has 18 heavy (non-hydrogen) atoms. The van der Waals surface area contributed by atoms with E-state index >= 15 is 0 Å². The lowest BCUT2D eigenvalue weighted by Gasteiger charge is -2.31. The molecule has 0 spiro atoms. The molecule has 0 atom stereocenters. The Morgan fingerprint density at radius 2 is 2.11 bits per heavy atom. The minimum absolute atomic E-state index is 0.0290. The van der Waals surface area contributed by atoms with Gasteiger partial charge in [-0.15, -0.1) is 0 Å². The van der Waals surface area contributed by atoms with Crippen LogP contribution in [0.2, 0.25) is 0 Å². The number of aromatic nitrogens is 2. The predicted molar refractivity (Wildman–Crippen MR) is 71.1 cm³/mol. The van der Waals surface area contributed by atoms with Gasteiger partial charge in [-0.3, -0.25) is 9.48 Å². The molecule has 2 rings (SSSR count). The molecule has 0 aliphatic carbocycles. The molecule has 1 amide bonds. The number of carbonyl (C=O) groups excluding carboxylic acids is 1. The normalized spacial score (nSPS) is 18.3. The van der Waals surface area contributed by atoms with E-state index < -0.39 is 0 Å². The quantitative estimate of drug-likeness (QED) is 0.864. The minimum Gasteiger partial charge on any atom is -0.396 e. The summed E-state index contributed by atoms with van der Waals surface area (Å²) >= 11 is 0. The van der Waals surface area contributed by atoms with Gasteiger partial charge < -0.3 is 10.6 Å². The first kappa shape index (κ1) is 12.9. The van der Waals surface area contributed by atoms with Gasteiger partial charge in [0.25, 0.3) is 0 Å². The zero-order valence-corrected chi connectivity index (χ0v) is 11.7. The molecule has 2 N–H and O–H groups in total. The summed E-state index contributed by atoms with van der Waals surface area (Å²) in [5, 5.41) is 4.31. The fraction of sp³-hybridized carbons (Fsp3) is 0.692. The maximum Gasteiger partial charge on any atom is 0.244 e. The van der Waals surface area contributed by atoms with Crippen LogP contribution in [0.5, 0.6) is 0 Å². The summed E-state index contributed by atoms with van der Waals surface area (Å²) in [5.74, 6) is 0.128. The van der Waals surface area contributed by atoms with Crippen LogP contribution in [0.1, 0.15) is 38.1 Å². The van der Waals surface area contributed by atoms with Crippen molar-refractivity contribution in [3.8, 4) is 0 Å². The molecule has 1 aliphatic rings. The van der Waals surface area contributed by atoms with Crippen molar-refractivity contribution in [2.75, 3.05) is 12.3 Å². The number of rotatable bonds is 2. The molecule has 5 heteroatoms. The molecule has 0 bridgehead atoms. The van der Waals surface area contributed by atoms with E-state index in [1.165, 1.54) is 0 Å². The zero-order valence-electron chi connectivity index (χ0n) is 11.7. The van der Waals surface area contributed by atoms with Crippen molar-refractivity contribution in [1.29, 1.82) is 0 Å². The lowest BCUT2D eigenvalue weighted by molar-refractivity contribution is -0.135. The Morgan fingerprint density at radius 3 is 2.56 bits per heavy atom. The largest absolute Gasteiger partial charge is 0.396 e. The number of nitrogens with zero attached hydrogens (tertiary/aromatic N) is 3. The van der Waals surface area contributed by atoms with Crippen molar-refractivity contribution in [3.05, 3.63) is 11.4 Å². The highest BCUT2D eigenvalue weighted by Gasteiger charge is 2.35. The molecule has 0 aromatic carbocycles. The van der Waals surface area contributed by atoms with Crippen molar-refractivity contribution in [2.24, 2.45) is 0 Å². The summed E-state index contributed by atoms with van der Waals surface area (Å²) in [5.41, 5.74) is 8.20. The van der Waals surface area contributed by atoms with Gasteiger partial charge in [-0.25, -0.2) is 0 Å². The van der Waals surface area contributed by atoms with E-state index in [-0.39, 0.29) is 18.0 Å². The number of nitrogen functional groups attached to an aromatic ring is 1. The van der Waals surface area contributed by atoms with Crippen LogP contribution in [-0.2, 0) is 11.3 Å². The molecule has 1 aromatic rings. The molecule has 1 fully saturated rings. The van der Waals surface area contributed by atoms with Gasteiger partial charge in [-0.1, -0.05) is 0 Å². The fourth-order valence-electron chi connectivity index (χ4n) is 2.65. The molecular weight excluding hydrogens is 228 g/mol. The third-order valence-corrected chi connectivity index (χ3v) is 3.92. The van der Waals surface area contributed by atoms with Crippen LogP contribution in [0, 0.1) is 13.8 Å². The fourth-order valence-corrected chi connectivity index (χ4v) is 2.65. The first-order chi connectivity index (χ1) is 8.33. The van der Waals surface area contributed by atoms with Crippen LogP contribution < -0.4 is 5.73 Å². The number of anilines is 1. The molecule has 1 aliphatic heterocycles. The second kappa shape index (κ2) is 4.30. The zero-order chi connectivity index (χ0) is 13.5. The second-order valence-corrected chi connectivity index (χ2v) is 5.70. The number of hydrogen-bond donors (Lipinski definition) is 1. The number of likely N-dealkylation sites (tertiary alicyclic amines) is 1. The summed E-state index contributed by atoms with van der Waals surface area (Å²) in [4.78, 5) is 14.3. The van der Waals surface area contributed by atoms with Crippen LogP contribution in [-0.4, -0.2) is 32.7 Å². The molecule has 1 saturated heterocycles. The highest BCUT2D eigenvalue weighted by molar-refractivity contribution is 5.77. The van der Waals surface area contributed by atoms with Crippen molar-refractivity contribution < 1.29 is 4.79 Å². The van der Waals surface area contributed by atoms with E-state index in [0.717, 1.165) is 30.8 Å². The third-order valence-electron chi connectivity index (χ3n) is 3.92. The molecule has 100 valence electrons. The molecule has 0 unspecified atom stereocenters. The average Bonchev–Trinajstić information content (AvgIpc) is 2.75. The van der Waals surface area contributed by atoms with Crippen molar-refractivity contribution in [2.45, 2.75) is 52.6 Å². The van der Waals surface area contributed by atoms with E-state index in [2.05, 4.69) is 18.9 Å². The van der Waals surface area contributed by atoms with Gasteiger partial charge in [0, 0.05) is 12.1 Å². The first-order valence-corrected chi connectivity index (χ1v) is 6.43. The van der Waals surface area contributed by atoms with Gasteiger partial charge in [0.15, 0.2) is 0 Å². The molecule has 0 saturated carbocycles. The van der Waals surface area contributed by atoms with Crippen molar-refractivity contribution in [3.63, 3.8) is 0 Å². The predicted octanol–water partition coefficient (Wildman–Crippen LogP) is 1.48. The van der Waals surface area contributed by atoms with Crippen LogP contribution in [0.3, 0.4) is 0 Å². The summed E-state index contributed by atoms with van der Waals surface area (Å²) < 4.78 is 1.71. The van der Waals surface area contributed by atoms with Gasteiger partial charge in [0.1, 0.15) is 6.54 Å². The SMILES string of the molecule is Cc1nn(CC(=O)N2CCCC2(C)C)c(C)c1N. The molecule has 1 aromatic heterocycles. The molecule has 5 nitrogen and oxygen atoms in total. The Balaban J connectivity index is 2.14. The summed E-state index contributed by atoms with van der Waals surface area (Å²) in [6.45, 7) is 9.13. The Kier molecular flexibility index (Phi) is 3.09. The van der Waals surface area contributed by atoms with E-state index in [0.29, 0.717) is 5.69 Å². The van der Waals surface area contributed by atoms with Crippen LogP contribution in [0.15, 0.2) is 0 Å². The lowest BCUT2D eigenvalue weighted by atomic mass is 10.0. The maximum absolute atomic E-state index is 12.3. The van der Waals surface area contributed by atoms with Crippen LogP contribution in [0.25, 0.3) is 0 Å². The molecule has 2 heterocycles.